The van der Waals surface area contributed by atoms with Crippen molar-refractivity contribution in [1.82, 2.24) is 0 Å². The highest BCUT2D eigenvalue weighted by Gasteiger charge is 2.11. The van der Waals surface area contributed by atoms with Crippen LogP contribution in [0.25, 0.3) is 11.0 Å². The Bertz CT molecular complexity index is 844. The largest absolute Gasteiger partial charge is 0.462 e. The van der Waals surface area contributed by atoms with E-state index in [1.807, 2.05) is 30.3 Å². The van der Waals surface area contributed by atoms with Crippen molar-refractivity contribution in [2.24, 2.45) is 0 Å². The molecule has 0 aliphatic rings. The number of rotatable bonds is 3. The van der Waals surface area contributed by atoms with Gasteiger partial charge in [0.25, 0.3) is 0 Å². The molecule has 0 saturated carbocycles. The standard InChI is InChI=1S/C16H11Cl2NO2/c17-11-6-13-15(20)10(9-21-16(13)14(18)7-11)8-19-12-4-2-1-3-5-12/h1-7,9,19H,8H2. The van der Waals surface area contributed by atoms with Crippen molar-refractivity contribution >= 4 is 39.9 Å². The second-order valence-electron chi connectivity index (χ2n) is 4.57. The fourth-order valence-corrected chi connectivity index (χ4v) is 2.62. The SMILES string of the molecule is O=c1c(CNc2ccccc2)coc2c(Cl)cc(Cl)cc12. The molecule has 0 atom stereocenters. The first kappa shape index (κ1) is 14.0. The van der Waals surface area contributed by atoms with Gasteiger partial charge in [-0.3, -0.25) is 4.79 Å². The summed E-state index contributed by atoms with van der Waals surface area (Å²) in [6, 6.07) is 12.7. The lowest BCUT2D eigenvalue weighted by Gasteiger charge is -2.07. The molecule has 0 spiro atoms. The summed E-state index contributed by atoms with van der Waals surface area (Å²) in [5.41, 5.74) is 1.67. The van der Waals surface area contributed by atoms with Gasteiger partial charge in [-0.05, 0) is 24.3 Å². The maximum atomic E-state index is 12.4. The summed E-state index contributed by atoms with van der Waals surface area (Å²) in [6.07, 6.45) is 1.43. The molecule has 0 bridgehead atoms. The van der Waals surface area contributed by atoms with Crippen molar-refractivity contribution in [3.05, 3.63) is 74.6 Å². The maximum absolute atomic E-state index is 12.4. The summed E-state index contributed by atoms with van der Waals surface area (Å²) in [5.74, 6) is 0. The van der Waals surface area contributed by atoms with Crippen LogP contribution in [-0.2, 0) is 6.54 Å². The van der Waals surface area contributed by atoms with Crippen molar-refractivity contribution < 1.29 is 4.42 Å². The third-order valence-corrected chi connectivity index (χ3v) is 3.62. The van der Waals surface area contributed by atoms with Gasteiger partial charge >= 0.3 is 0 Å². The molecule has 0 aliphatic heterocycles. The number of fused-ring (bicyclic) bond motifs is 1. The van der Waals surface area contributed by atoms with E-state index in [4.69, 9.17) is 27.6 Å². The molecule has 3 nitrogen and oxygen atoms in total. The van der Waals surface area contributed by atoms with Crippen LogP contribution in [0, 0.1) is 0 Å². The highest BCUT2D eigenvalue weighted by atomic mass is 35.5. The topological polar surface area (TPSA) is 42.2 Å². The Morgan fingerprint density at radius 1 is 1.10 bits per heavy atom. The highest BCUT2D eigenvalue weighted by Crippen LogP contribution is 2.26. The van der Waals surface area contributed by atoms with Crippen LogP contribution in [0.1, 0.15) is 5.56 Å². The molecule has 106 valence electrons. The van der Waals surface area contributed by atoms with Crippen molar-refractivity contribution in [2.45, 2.75) is 6.54 Å². The van der Waals surface area contributed by atoms with E-state index in [0.717, 1.165) is 5.69 Å². The van der Waals surface area contributed by atoms with Gasteiger partial charge < -0.3 is 9.73 Å². The Morgan fingerprint density at radius 2 is 1.86 bits per heavy atom. The van der Waals surface area contributed by atoms with Crippen molar-refractivity contribution in [3.8, 4) is 0 Å². The van der Waals surface area contributed by atoms with Crippen molar-refractivity contribution in [1.29, 1.82) is 0 Å². The molecule has 21 heavy (non-hydrogen) atoms. The fourth-order valence-electron chi connectivity index (χ4n) is 2.08. The molecule has 0 aliphatic carbocycles. The lowest BCUT2D eigenvalue weighted by atomic mass is 10.1. The summed E-state index contributed by atoms with van der Waals surface area (Å²) in [5, 5.41) is 4.30. The third-order valence-electron chi connectivity index (χ3n) is 3.12. The smallest absolute Gasteiger partial charge is 0.197 e. The van der Waals surface area contributed by atoms with Gasteiger partial charge in [-0.1, -0.05) is 41.4 Å². The Kier molecular flexibility index (Phi) is 3.86. The number of hydrogen-bond acceptors (Lipinski definition) is 3. The molecule has 1 heterocycles. The van der Waals surface area contributed by atoms with Crippen LogP contribution in [-0.4, -0.2) is 0 Å². The minimum Gasteiger partial charge on any atom is -0.462 e. The van der Waals surface area contributed by atoms with Crippen LogP contribution >= 0.6 is 23.2 Å². The quantitative estimate of drug-likeness (QED) is 0.760. The van der Waals surface area contributed by atoms with E-state index >= 15 is 0 Å². The van der Waals surface area contributed by atoms with Gasteiger partial charge in [-0.15, -0.1) is 0 Å². The Balaban J connectivity index is 1.97. The van der Waals surface area contributed by atoms with Crippen molar-refractivity contribution in [3.63, 3.8) is 0 Å². The lowest BCUT2D eigenvalue weighted by molar-refractivity contribution is 0.594. The van der Waals surface area contributed by atoms with Crippen LogP contribution < -0.4 is 10.7 Å². The number of halogens is 2. The van der Waals surface area contributed by atoms with Gasteiger partial charge in [0, 0.05) is 17.3 Å². The summed E-state index contributed by atoms with van der Waals surface area (Å²) in [4.78, 5) is 12.4. The number of nitrogens with one attached hydrogen (secondary N) is 1. The molecular formula is C16H11Cl2NO2. The second kappa shape index (κ2) is 5.80. The predicted molar refractivity (Wildman–Crippen MR) is 86.3 cm³/mol. The molecule has 5 heteroatoms. The molecule has 3 aromatic rings. The molecule has 3 rings (SSSR count). The molecule has 1 aromatic heterocycles. The van der Waals surface area contributed by atoms with Gasteiger partial charge in [0.05, 0.1) is 16.0 Å². The van der Waals surface area contributed by atoms with E-state index < -0.39 is 0 Å². The van der Waals surface area contributed by atoms with E-state index in [0.29, 0.717) is 33.1 Å². The molecule has 1 N–H and O–H groups in total. The summed E-state index contributed by atoms with van der Waals surface area (Å²) in [7, 11) is 0. The van der Waals surface area contributed by atoms with Crippen LogP contribution in [0.15, 0.2) is 57.9 Å². The van der Waals surface area contributed by atoms with Gasteiger partial charge in [-0.2, -0.15) is 0 Å². The molecule has 0 fully saturated rings. The summed E-state index contributed by atoms with van der Waals surface area (Å²) in [6.45, 7) is 0.367. The normalized spacial score (nSPS) is 10.8. The number of anilines is 1. The van der Waals surface area contributed by atoms with E-state index in [-0.39, 0.29) is 5.43 Å². The average Bonchev–Trinajstić information content (AvgIpc) is 2.48. The Labute approximate surface area is 131 Å². The van der Waals surface area contributed by atoms with Crippen LogP contribution in [0.2, 0.25) is 10.0 Å². The van der Waals surface area contributed by atoms with Crippen molar-refractivity contribution in [2.75, 3.05) is 5.32 Å². The minimum absolute atomic E-state index is 0.135. The van der Waals surface area contributed by atoms with Gasteiger partial charge in [0.1, 0.15) is 6.26 Å². The first-order valence-electron chi connectivity index (χ1n) is 6.33. The Hall–Kier alpha value is -1.97. The second-order valence-corrected chi connectivity index (χ2v) is 5.42. The van der Waals surface area contributed by atoms with Gasteiger partial charge in [0.15, 0.2) is 11.0 Å². The van der Waals surface area contributed by atoms with E-state index in [2.05, 4.69) is 5.32 Å². The highest BCUT2D eigenvalue weighted by molar-refractivity contribution is 6.38. The number of benzene rings is 2. The van der Waals surface area contributed by atoms with Crippen LogP contribution in [0.5, 0.6) is 0 Å². The van der Waals surface area contributed by atoms with E-state index in [1.165, 1.54) is 6.26 Å². The van der Waals surface area contributed by atoms with E-state index in [9.17, 15) is 4.79 Å². The molecular weight excluding hydrogens is 309 g/mol. The lowest BCUT2D eigenvalue weighted by Crippen LogP contribution is -2.13. The molecule has 2 aromatic carbocycles. The maximum Gasteiger partial charge on any atom is 0.197 e. The molecule has 0 amide bonds. The average molecular weight is 320 g/mol. The fraction of sp³-hybridized carbons (Fsp3) is 0.0625. The first-order chi connectivity index (χ1) is 10.1. The zero-order valence-corrected chi connectivity index (χ0v) is 12.4. The number of para-hydroxylation sites is 1. The molecule has 0 saturated heterocycles. The zero-order chi connectivity index (χ0) is 14.8. The van der Waals surface area contributed by atoms with Crippen LogP contribution in [0.3, 0.4) is 0 Å². The zero-order valence-electron chi connectivity index (χ0n) is 10.9. The summed E-state index contributed by atoms with van der Waals surface area (Å²) >= 11 is 12.0. The first-order valence-corrected chi connectivity index (χ1v) is 7.09. The molecule has 0 radical (unpaired) electrons. The predicted octanol–water partition coefficient (Wildman–Crippen LogP) is 4.71. The molecule has 0 unspecified atom stereocenters. The van der Waals surface area contributed by atoms with Gasteiger partial charge in [0.2, 0.25) is 0 Å². The third kappa shape index (κ3) is 2.89. The van der Waals surface area contributed by atoms with Crippen LogP contribution in [0.4, 0.5) is 5.69 Å². The monoisotopic (exact) mass is 319 g/mol. The number of hydrogen-bond donors (Lipinski definition) is 1. The Morgan fingerprint density at radius 3 is 2.62 bits per heavy atom. The summed E-state index contributed by atoms with van der Waals surface area (Å²) < 4.78 is 5.47. The minimum atomic E-state index is -0.135. The van der Waals surface area contributed by atoms with Gasteiger partial charge in [-0.25, -0.2) is 0 Å². The van der Waals surface area contributed by atoms with E-state index in [1.54, 1.807) is 12.1 Å².